The molecule has 5 heteroatoms. The van der Waals surface area contributed by atoms with E-state index in [0.717, 1.165) is 0 Å². The number of nitrogens with zero attached hydrogens (tertiary/aromatic N) is 1. The summed E-state index contributed by atoms with van der Waals surface area (Å²) in [6, 6.07) is 8.87. The lowest BCUT2D eigenvalue weighted by Crippen LogP contribution is -2.34. The number of carbonyl (C=O) groups is 2. The van der Waals surface area contributed by atoms with Gasteiger partial charge in [0.1, 0.15) is 0 Å². The van der Waals surface area contributed by atoms with Crippen LogP contribution in [-0.2, 0) is 14.3 Å². The molecule has 20 heavy (non-hydrogen) atoms. The molecular formula is C15H21NO4. The van der Waals surface area contributed by atoms with Gasteiger partial charge in [-0.15, -0.1) is 0 Å². The molecule has 0 radical (unpaired) electrons. The standard InChI is InChI=1S/C15H21NO4/c1-4-16(5-2)15(18)20-13(14(17)19-6-3)12-10-8-7-9-11-12/h7-11,13H,4-6H2,1-3H3. The van der Waals surface area contributed by atoms with Gasteiger partial charge in [-0.3, -0.25) is 0 Å². The minimum Gasteiger partial charge on any atom is -0.463 e. The first-order chi connectivity index (χ1) is 9.63. The summed E-state index contributed by atoms with van der Waals surface area (Å²) >= 11 is 0. The number of rotatable bonds is 6. The molecule has 1 amide bonds. The van der Waals surface area contributed by atoms with Crippen molar-refractivity contribution in [1.82, 2.24) is 4.90 Å². The fraction of sp³-hybridized carbons (Fsp3) is 0.467. The summed E-state index contributed by atoms with van der Waals surface area (Å²) in [6.45, 7) is 6.72. The Hall–Kier alpha value is -2.04. The van der Waals surface area contributed by atoms with Gasteiger partial charge in [-0.1, -0.05) is 30.3 Å². The highest BCUT2D eigenvalue weighted by Crippen LogP contribution is 2.20. The average Bonchev–Trinajstić information content (AvgIpc) is 2.47. The van der Waals surface area contributed by atoms with E-state index in [9.17, 15) is 9.59 Å². The lowest BCUT2D eigenvalue weighted by atomic mass is 10.1. The van der Waals surface area contributed by atoms with E-state index in [1.165, 1.54) is 4.90 Å². The largest absolute Gasteiger partial charge is 0.463 e. The Kier molecular flexibility index (Phi) is 6.56. The fourth-order valence-electron chi connectivity index (χ4n) is 1.76. The van der Waals surface area contributed by atoms with Gasteiger partial charge in [0.25, 0.3) is 0 Å². The van der Waals surface area contributed by atoms with E-state index in [-0.39, 0.29) is 6.61 Å². The third-order valence-electron chi connectivity index (χ3n) is 2.84. The van der Waals surface area contributed by atoms with Crippen LogP contribution in [0.5, 0.6) is 0 Å². The van der Waals surface area contributed by atoms with Gasteiger partial charge < -0.3 is 14.4 Å². The smallest absolute Gasteiger partial charge is 0.410 e. The van der Waals surface area contributed by atoms with E-state index < -0.39 is 18.2 Å². The molecule has 0 bridgehead atoms. The van der Waals surface area contributed by atoms with Gasteiger partial charge in [-0.05, 0) is 20.8 Å². The molecule has 1 aromatic carbocycles. The Labute approximate surface area is 119 Å². The highest BCUT2D eigenvalue weighted by atomic mass is 16.6. The minimum absolute atomic E-state index is 0.241. The van der Waals surface area contributed by atoms with Gasteiger partial charge in [0.15, 0.2) is 0 Å². The summed E-state index contributed by atoms with van der Waals surface area (Å²) in [6.07, 6.45) is -1.54. The molecule has 0 spiro atoms. The highest BCUT2D eigenvalue weighted by Gasteiger charge is 2.27. The monoisotopic (exact) mass is 279 g/mol. The van der Waals surface area contributed by atoms with Gasteiger partial charge >= 0.3 is 12.1 Å². The van der Waals surface area contributed by atoms with Crippen LogP contribution >= 0.6 is 0 Å². The molecule has 1 atom stereocenters. The molecular weight excluding hydrogens is 258 g/mol. The van der Waals surface area contributed by atoms with Crippen LogP contribution in [-0.4, -0.2) is 36.7 Å². The third-order valence-corrected chi connectivity index (χ3v) is 2.84. The average molecular weight is 279 g/mol. The molecule has 0 aliphatic rings. The summed E-state index contributed by atoms with van der Waals surface area (Å²) in [5.74, 6) is -0.556. The van der Waals surface area contributed by atoms with E-state index in [0.29, 0.717) is 18.7 Å². The summed E-state index contributed by atoms with van der Waals surface area (Å²) in [7, 11) is 0. The number of hydrogen-bond acceptors (Lipinski definition) is 4. The Morgan fingerprint density at radius 2 is 1.70 bits per heavy atom. The first kappa shape index (κ1) is 16.0. The first-order valence-electron chi connectivity index (χ1n) is 6.81. The van der Waals surface area contributed by atoms with Crippen LogP contribution in [0.25, 0.3) is 0 Å². The number of esters is 1. The van der Waals surface area contributed by atoms with Crippen molar-refractivity contribution >= 4 is 12.1 Å². The van der Waals surface area contributed by atoms with Gasteiger partial charge in [0.05, 0.1) is 6.61 Å². The van der Waals surface area contributed by atoms with Crippen LogP contribution in [0.2, 0.25) is 0 Å². The predicted octanol–water partition coefficient (Wildman–Crippen LogP) is 2.77. The van der Waals surface area contributed by atoms with Crippen molar-refractivity contribution in [3.05, 3.63) is 35.9 Å². The SMILES string of the molecule is CCOC(=O)C(OC(=O)N(CC)CC)c1ccccc1. The number of amides is 1. The third kappa shape index (κ3) is 4.26. The summed E-state index contributed by atoms with van der Waals surface area (Å²) in [4.78, 5) is 25.5. The Bertz CT molecular complexity index is 429. The lowest BCUT2D eigenvalue weighted by molar-refractivity contribution is -0.154. The quantitative estimate of drug-likeness (QED) is 0.751. The van der Waals surface area contributed by atoms with E-state index in [1.807, 2.05) is 19.9 Å². The van der Waals surface area contributed by atoms with Crippen molar-refractivity contribution in [3.63, 3.8) is 0 Å². The number of carbonyl (C=O) groups excluding carboxylic acids is 2. The van der Waals surface area contributed by atoms with Crippen molar-refractivity contribution in [2.75, 3.05) is 19.7 Å². The fourth-order valence-corrected chi connectivity index (χ4v) is 1.76. The summed E-state index contributed by atoms with van der Waals surface area (Å²) in [5.41, 5.74) is 0.603. The zero-order valence-corrected chi connectivity index (χ0v) is 12.2. The van der Waals surface area contributed by atoms with Crippen molar-refractivity contribution in [1.29, 1.82) is 0 Å². The van der Waals surface area contributed by atoms with Crippen LogP contribution in [0.4, 0.5) is 4.79 Å². The second-order valence-electron chi connectivity index (χ2n) is 4.10. The molecule has 110 valence electrons. The molecule has 0 aliphatic carbocycles. The van der Waals surface area contributed by atoms with Crippen molar-refractivity contribution in [2.45, 2.75) is 26.9 Å². The predicted molar refractivity (Wildman–Crippen MR) is 75.2 cm³/mol. The van der Waals surface area contributed by atoms with E-state index in [1.54, 1.807) is 31.2 Å². The maximum atomic E-state index is 12.0. The number of benzene rings is 1. The normalized spacial score (nSPS) is 11.6. The first-order valence-corrected chi connectivity index (χ1v) is 6.81. The Morgan fingerprint density at radius 3 is 2.20 bits per heavy atom. The van der Waals surface area contributed by atoms with Gasteiger partial charge in [-0.2, -0.15) is 0 Å². The van der Waals surface area contributed by atoms with Crippen molar-refractivity contribution < 1.29 is 19.1 Å². The zero-order chi connectivity index (χ0) is 15.0. The van der Waals surface area contributed by atoms with Crippen molar-refractivity contribution in [3.8, 4) is 0 Å². The maximum Gasteiger partial charge on any atom is 0.410 e. The maximum absolute atomic E-state index is 12.0. The molecule has 0 saturated heterocycles. The van der Waals surface area contributed by atoms with E-state index in [4.69, 9.17) is 9.47 Å². The van der Waals surface area contributed by atoms with Crippen molar-refractivity contribution in [2.24, 2.45) is 0 Å². The second kappa shape index (κ2) is 8.19. The molecule has 0 heterocycles. The molecule has 0 N–H and O–H groups in total. The molecule has 0 aromatic heterocycles. The molecule has 0 saturated carbocycles. The van der Waals surface area contributed by atoms with Crippen LogP contribution in [0, 0.1) is 0 Å². The lowest BCUT2D eigenvalue weighted by Gasteiger charge is -2.22. The number of ether oxygens (including phenoxy) is 2. The number of hydrogen-bond donors (Lipinski definition) is 0. The highest BCUT2D eigenvalue weighted by molar-refractivity contribution is 5.80. The summed E-state index contributed by atoms with van der Waals surface area (Å²) < 4.78 is 10.3. The Balaban J connectivity index is 2.89. The van der Waals surface area contributed by atoms with Crippen LogP contribution < -0.4 is 0 Å². The minimum atomic E-state index is -1.02. The van der Waals surface area contributed by atoms with Crippen LogP contribution in [0.1, 0.15) is 32.4 Å². The molecule has 0 aliphatic heterocycles. The van der Waals surface area contributed by atoms with Crippen LogP contribution in [0.3, 0.4) is 0 Å². The van der Waals surface area contributed by atoms with Gasteiger partial charge in [-0.25, -0.2) is 9.59 Å². The van der Waals surface area contributed by atoms with E-state index >= 15 is 0 Å². The molecule has 5 nitrogen and oxygen atoms in total. The molecule has 1 aromatic rings. The Morgan fingerprint density at radius 1 is 1.10 bits per heavy atom. The van der Waals surface area contributed by atoms with E-state index in [2.05, 4.69) is 0 Å². The molecule has 0 fully saturated rings. The van der Waals surface area contributed by atoms with Gasteiger partial charge in [0.2, 0.25) is 6.10 Å². The second-order valence-corrected chi connectivity index (χ2v) is 4.10. The summed E-state index contributed by atoms with van der Waals surface area (Å²) in [5, 5.41) is 0. The van der Waals surface area contributed by atoms with Gasteiger partial charge in [0, 0.05) is 18.7 Å². The molecule has 1 unspecified atom stereocenters. The zero-order valence-electron chi connectivity index (χ0n) is 12.2. The van der Waals surface area contributed by atoms with Crippen LogP contribution in [0.15, 0.2) is 30.3 Å². The topological polar surface area (TPSA) is 55.8 Å². The molecule has 1 rings (SSSR count).